The molecular weight excluding hydrogens is 240 g/mol. The molecule has 0 spiro atoms. The summed E-state index contributed by atoms with van der Waals surface area (Å²) >= 11 is 3.53. The Balaban J connectivity index is 2.28. The van der Waals surface area contributed by atoms with Gasteiger partial charge < -0.3 is 4.57 Å². The normalized spacial score (nSPS) is 10.4. The fraction of sp³-hybridized carbons (Fsp3) is 0.182. The minimum absolute atomic E-state index is 0.868. The second-order valence-corrected chi connectivity index (χ2v) is 4.11. The van der Waals surface area contributed by atoms with E-state index < -0.39 is 0 Å². The number of rotatable bonds is 2. The van der Waals surface area contributed by atoms with Gasteiger partial charge in [0.25, 0.3) is 0 Å². The predicted molar refractivity (Wildman–Crippen MR) is 60.2 cm³/mol. The van der Waals surface area contributed by atoms with Crippen molar-refractivity contribution in [3.8, 4) is 0 Å². The number of aromatic nitrogens is 2. The summed E-state index contributed by atoms with van der Waals surface area (Å²) in [5.74, 6) is 0. The van der Waals surface area contributed by atoms with Gasteiger partial charge in [-0.15, -0.1) is 0 Å². The van der Waals surface area contributed by atoms with Crippen molar-refractivity contribution in [2.24, 2.45) is 0 Å². The van der Waals surface area contributed by atoms with Crippen LogP contribution in [0.3, 0.4) is 0 Å². The third kappa shape index (κ3) is 1.87. The van der Waals surface area contributed by atoms with Gasteiger partial charge in [0.05, 0.1) is 6.33 Å². The van der Waals surface area contributed by atoms with Crippen LogP contribution in [0.2, 0.25) is 0 Å². The molecule has 0 unspecified atom stereocenters. The van der Waals surface area contributed by atoms with Gasteiger partial charge in [0.1, 0.15) is 0 Å². The molecule has 2 nitrogen and oxygen atoms in total. The molecule has 0 aliphatic rings. The highest BCUT2D eigenvalue weighted by Gasteiger charge is 2.01. The molecule has 1 aromatic carbocycles. The van der Waals surface area contributed by atoms with Gasteiger partial charge in [0, 0.05) is 22.9 Å². The van der Waals surface area contributed by atoms with E-state index in [2.05, 4.69) is 44.5 Å². The number of aryl methyl sites for hydroxylation is 1. The summed E-state index contributed by atoms with van der Waals surface area (Å²) in [6.07, 6.45) is 3.73. The van der Waals surface area contributed by atoms with Crippen LogP contribution in [0.15, 0.2) is 41.3 Å². The highest BCUT2D eigenvalue weighted by atomic mass is 79.9. The fourth-order valence-electron chi connectivity index (χ4n) is 1.36. The van der Waals surface area contributed by atoms with Crippen LogP contribution in [-0.4, -0.2) is 9.55 Å². The van der Waals surface area contributed by atoms with Gasteiger partial charge in [-0.1, -0.05) is 34.1 Å². The Morgan fingerprint density at radius 2 is 2.14 bits per heavy atom. The number of nitrogens with zero attached hydrogens (tertiary/aromatic N) is 2. The van der Waals surface area contributed by atoms with Crippen molar-refractivity contribution in [1.29, 1.82) is 0 Å². The molecule has 0 aliphatic carbocycles. The molecule has 1 aromatic heterocycles. The Morgan fingerprint density at radius 1 is 1.36 bits per heavy atom. The standard InChI is InChI=1S/C11H11BrN2/c1-9-6-13-8-14(9)7-10-4-2-3-5-11(10)12/h2-6,8H,7H2,1H3. The molecule has 1 heterocycles. The molecule has 0 bridgehead atoms. The van der Waals surface area contributed by atoms with E-state index in [4.69, 9.17) is 0 Å². The van der Waals surface area contributed by atoms with Gasteiger partial charge in [-0.25, -0.2) is 4.98 Å². The Labute approximate surface area is 91.7 Å². The van der Waals surface area contributed by atoms with Gasteiger partial charge in [0.2, 0.25) is 0 Å². The maximum atomic E-state index is 4.10. The lowest BCUT2D eigenvalue weighted by Gasteiger charge is -2.06. The first-order valence-corrected chi connectivity index (χ1v) is 5.27. The maximum Gasteiger partial charge on any atom is 0.0951 e. The second-order valence-electron chi connectivity index (χ2n) is 3.25. The summed E-state index contributed by atoms with van der Waals surface area (Å²) in [4.78, 5) is 4.10. The second kappa shape index (κ2) is 3.96. The Hall–Kier alpha value is -1.09. The molecule has 0 amide bonds. The highest BCUT2D eigenvalue weighted by molar-refractivity contribution is 9.10. The summed E-state index contributed by atoms with van der Waals surface area (Å²) in [5, 5.41) is 0. The third-order valence-corrected chi connectivity index (χ3v) is 2.99. The lowest BCUT2D eigenvalue weighted by atomic mass is 10.2. The zero-order valence-electron chi connectivity index (χ0n) is 7.94. The van der Waals surface area contributed by atoms with Crippen molar-refractivity contribution in [2.45, 2.75) is 13.5 Å². The largest absolute Gasteiger partial charge is 0.330 e. The van der Waals surface area contributed by atoms with Gasteiger partial charge in [-0.3, -0.25) is 0 Å². The maximum absolute atomic E-state index is 4.10. The molecule has 0 N–H and O–H groups in total. The average molecular weight is 251 g/mol. The fourth-order valence-corrected chi connectivity index (χ4v) is 1.77. The number of halogens is 1. The molecule has 14 heavy (non-hydrogen) atoms. The summed E-state index contributed by atoms with van der Waals surface area (Å²) in [6, 6.07) is 8.24. The van der Waals surface area contributed by atoms with Gasteiger partial charge >= 0.3 is 0 Å². The zero-order valence-corrected chi connectivity index (χ0v) is 9.53. The van der Waals surface area contributed by atoms with Crippen molar-refractivity contribution in [3.05, 3.63) is 52.5 Å². The van der Waals surface area contributed by atoms with Crippen LogP contribution < -0.4 is 0 Å². The van der Waals surface area contributed by atoms with E-state index in [0.717, 1.165) is 11.0 Å². The SMILES string of the molecule is Cc1cncn1Cc1ccccc1Br. The minimum Gasteiger partial charge on any atom is -0.330 e. The number of imidazole rings is 1. The van der Waals surface area contributed by atoms with Crippen LogP contribution in [0.5, 0.6) is 0 Å². The van der Waals surface area contributed by atoms with Crippen molar-refractivity contribution < 1.29 is 0 Å². The van der Waals surface area contributed by atoms with Crippen molar-refractivity contribution in [1.82, 2.24) is 9.55 Å². The van der Waals surface area contributed by atoms with E-state index >= 15 is 0 Å². The number of hydrogen-bond donors (Lipinski definition) is 0. The molecule has 0 fully saturated rings. The summed E-state index contributed by atoms with van der Waals surface area (Å²) in [5.41, 5.74) is 2.45. The third-order valence-electron chi connectivity index (χ3n) is 2.22. The van der Waals surface area contributed by atoms with E-state index in [1.54, 1.807) is 0 Å². The van der Waals surface area contributed by atoms with Crippen LogP contribution >= 0.6 is 15.9 Å². The van der Waals surface area contributed by atoms with Crippen molar-refractivity contribution in [3.63, 3.8) is 0 Å². The summed E-state index contributed by atoms with van der Waals surface area (Å²) in [7, 11) is 0. The quantitative estimate of drug-likeness (QED) is 0.802. The molecule has 0 atom stereocenters. The molecular formula is C11H11BrN2. The molecule has 0 aliphatic heterocycles. The van der Waals surface area contributed by atoms with E-state index in [0.29, 0.717) is 0 Å². The van der Waals surface area contributed by atoms with Crippen molar-refractivity contribution >= 4 is 15.9 Å². The topological polar surface area (TPSA) is 17.8 Å². The smallest absolute Gasteiger partial charge is 0.0951 e. The molecule has 2 aromatic rings. The van der Waals surface area contributed by atoms with E-state index in [1.807, 2.05) is 24.7 Å². The number of benzene rings is 1. The summed E-state index contributed by atoms with van der Waals surface area (Å²) < 4.78 is 3.27. The molecule has 3 heteroatoms. The minimum atomic E-state index is 0.868. The van der Waals surface area contributed by atoms with E-state index in [-0.39, 0.29) is 0 Å². The first kappa shape index (κ1) is 9.46. The highest BCUT2D eigenvalue weighted by Crippen LogP contribution is 2.17. The van der Waals surface area contributed by atoms with Crippen molar-refractivity contribution in [2.75, 3.05) is 0 Å². The van der Waals surface area contributed by atoms with E-state index in [1.165, 1.54) is 11.3 Å². The first-order chi connectivity index (χ1) is 6.77. The van der Waals surface area contributed by atoms with Crippen LogP contribution in [0.1, 0.15) is 11.3 Å². The monoisotopic (exact) mass is 250 g/mol. The van der Waals surface area contributed by atoms with E-state index in [9.17, 15) is 0 Å². The van der Waals surface area contributed by atoms with Gasteiger partial charge in [0.15, 0.2) is 0 Å². The molecule has 0 radical (unpaired) electrons. The van der Waals surface area contributed by atoms with Crippen LogP contribution in [0.25, 0.3) is 0 Å². The molecule has 0 saturated heterocycles. The Morgan fingerprint density at radius 3 is 2.79 bits per heavy atom. The Bertz CT molecular complexity index is 434. The molecule has 0 saturated carbocycles. The Kier molecular flexibility index (Phi) is 2.68. The van der Waals surface area contributed by atoms with Crippen LogP contribution in [0.4, 0.5) is 0 Å². The summed E-state index contributed by atoms with van der Waals surface area (Å²) in [6.45, 7) is 2.93. The average Bonchev–Trinajstić information content (AvgIpc) is 2.56. The van der Waals surface area contributed by atoms with Gasteiger partial charge in [-0.05, 0) is 18.6 Å². The van der Waals surface area contributed by atoms with Crippen LogP contribution in [-0.2, 0) is 6.54 Å². The zero-order chi connectivity index (χ0) is 9.97. The predicted octanol–water partition coefficient (Wildman–Crippen LogP) is 3.00. The lowest BCUT2D eigenvalue weighted by molar-refractivity contribution is 0.767. The molecule has 2 rings (SSSR count). The molecule has 72 valence electrons. The first-order valence-electron chi connectivity index (χ1n) is 4.47. The number of hydrogen-bond acceptors (Lipinski definition) is 1. The van der Waals surface area contributed by atoms with Gasteiger partial charge in [-0.2, -0.15) is 0 Å². The van der Waals surface area contributed by atoms with Crippen LogP contribution in [0, 0.1) is 6.92 Å². The lowest BCUT2D eigenvalue weighted by Crippen LogP contribution is -2.00.